The van der Waals surface area contributed by atoms with Gasteiger partial charge in [0.1, 0.15) is 10.5 Å². The lowest BCUT2D eigenvalue weighted by molar-refractivity contribution is 0.936. The zero-order chi connectivity index (χ0) is 13.2. The number of nitrogens with one attached hydrogen (secondary N) is 1. The average molecular weight is 267 g/mol. The highest BCUT2D eigenvalue weighted by Crippen LogP contribution is 2.21. The summed E-state index contributed by atoms with van der Waals surface area (Å²) >= 11 is 5.20. The third-order valence-corrected chi connectivity index (χ3v) is 3.25. The summed E-state index contributed by atoms with van der Waals surface area (Å²) in [5.41, 5.74) is 3.05. The van der Waals surface area contributed by atoms with Crippen LogP contribution in [-0.4, -0.2) is 15.0 Å². The molecule has 0 aliphatic rings. The molecule has 0 bridgehead atoms. The Balaban J connectivity index is 2.18. The number of hydrogen-bond acceptors (Lipinski definition) is 3. The Morgan fingerprint density at radius 1 is 1.21 bits per heavy atom. The molecule has 3 rings (SSSR count). The minimum absolute atomic E-state index is 0.617. The third kappa shape index (κ3) is 2.39. The van der Waals surface area contributed by atoms with Crippen LogP contribution in [0.1, 0.15) is 12.7 Å². The van der Waals surface area contributed by atoms with Crippen molar-refractivity contribution < 1.29 is 0 Å². The Bertz CT molecular complexity index is 792. The summed E-state index contributed by atoms with van der Waals surface area (Å²) < 4.78 is 0.617. The molecule has 0 atom stereocenters. The fraction of sp³-hybridized carbons (Fsp3) is 0.133. The lowest BCUT2D eigenvalue weighted by Crippen LogP contribution is -1.95. The number of benzene rings is 1. The molecule has 4 heteroatoms. The Kier molecular flexibility index (Phi) is 3.09. The van der Waals surface area contributed by atoms with Gasteiger partial charge in [-0.3, -0.25) is 4.98 Å². The zero-order valence-electron chi connectivity index (χ0n) is 10.6. The Labute approximate surface area is 116 Å². The van der Waals surface area contributed by atoms with E-state index >= 15 is 0 Å². The van der Waals surface area contributed by atoms with Crippen LogP contribution in [0.2, 0.25) is 0 Å². The molecule has 0 spiro atoms. The van der Waals surface area contributed by atoms with Crippen LogP contribution in [0.5, 0.6) is 0 Å². The molecule has 0 unspecified atom stereocenters. The van der Waals surface area contributed by atoms with Crippen molar-refractivity contribution in [2.24, 2.45) is 0 Å². The number of aromatic nitrogens is 3. The quantitative estimate of drug-likeness (QED) is 0.716. The molecule has 0 saturated carbocycles. The molecule has 2 aromatic heterocycles. The summed E-state index contributed by atoms with van der Waals surface area (Å²) in [6.45, 7) is 2.05. The molecule has 19 heavy (non-hydrogen) atoms. The van der Waals surface area contributed by atoms with Crippen LogP contribution in [0.4, 0.5) is 0 Å². The monoisotopic (exact) mass is 267 g/mol. The molecule has 0 radical (unpaired) electrons. The molecule has 0 fully saturated rings. The maximum Gasteiger partial charge on any atom is 0.130 e. The van der Waals surface area contributed by atoms with Crippen LogP contribution in [0.15, 0.2) is 42.6 Å². The zero-order valence-corrected chi connectivity index (χ0v) is 11.4. The SMILES string of the molecule is CCc1nc(=S)cc(-c2ccc3cccnc3c2)[nH]1. The van der Waals surface area contributed by atoms with Crippen LogP contribution >= 0.6 is 12.2 Å². The fourth-order valence-corrected chi connectivity index (χ4v) is 2.29. The molecule has 3 nitrogen and oxygen atoms in total. The Morgan fingerprint density at radius 3 is 2.95 bits per heavy atom. The van der Waals surface area contributed by atoms with Gasteiger partial charge in [-0.1, -0.05) is 37.3 Å². The van der Waals surface area contributed by atoms with Gasteiger partial charge in [0.25, 0.3) is 0 Å². The summed E-state index contributed by atoms with van der Waals surface area (Å²) in [4.78, 5) is 12.0. The van der Waals surface area contributed by atoms with Crippen molar-refractivity contribution in [3.8, 4) is 11.3 Å². The van der Waals surface area contributed by atoms with E-state index in [4.69, 9.17) is 12.2 Å². The van der Waals surface area contributed by atoms with Gasteiger partial charge in [0.15, 0.2) is 0 Å². The topological polar surface area (TPSA) is 41.6 Å². The normalized spacial score (nSPS) is 10.8. The second-order valence-electron chi connectivity index (χ2n) is 4.34. The van der Waals surface area contributed by atoms with Gasteiger partial charge in [-0.25, -0.2) is 4.98 Å². The first-order valence-corrected chi connectivity index (χ1v) is 6.62. The highest BCUT2D eigenvalue weighted by molar-refractivity contribution is 7.71. The summed E-state index contributed by atoms with van der Waals surface area (Å²) in [5, 5.41) is 1.13. The van der Waals surface area contributed by atoms with Crippen molar-refractivity contribution in [3.05, 3.63) is 53.1 Å². The first-order valence-electron chi connectivity index (χ1n) is 6.21. The van der Waals surface area contributed by atoms with Crippen molar-refractivity contribution in [3.63, 3.8) is 0 Å². The second-order valence-corrected chi connectivity index (χ2v) is 4.76. The van der Waals surface area contributed by atoms with Gasteiger partial charge in [-0.2, -0.15) is 0 Å². The van der Waals surface area contributed by atoms with Gasteiger partial charge in [-0.05, 0) is 18.2 Å². The van der Waals surface area contributed by atoms with Crippen molar-refractivity contribution in [2.75, 3.05) is 0 Å². The lowest BCUT2D eigenvalue weighted by Gasteiger charge is -2.06. The minimum atomic E-state index is 0.617. The number of hydrogen-bond donors (Lipinski definition) is 1. The molecule has 1 N–H and O–H groups in total. The van der Waals surface area contributed by atoms with Crippen molar-refractivity contribution >= 4 is 23.1 Å². The predicted molar refractivity (Wildman–Crippen MR) is 79.5 cm³/mol. The van der Waals surface area contributed by atoms with Crippen molar-refractivity contribution in [1.82, 2.24) is 15.0 Å². The molecule has 0 amide bonds. The first-order chi connectivity index (χ1) is 9.26. The van der Waals surface area contributed by atoms with Gasteiger partial charge in [0.2, 0.25) is 0 Å². The van der Waals surface area contributed by atoms with Crippen LogP contribution < -0.4 is 0 Å². The number of H-pyrrole nitrogens is 1. The lowest BCUT2D eigenvalue weighted by atomic mass is 10.1. The number of rotatable bonds is 2. The number of pyridine rings is 1. The molecule has 0 aliphatic carbocycles. The van der Waals surface area contributed by atoms with Crippen molar-refractivity contribution in [1.29, 1.82) is 0 Å². The van der Waals surface area contributed by atoms with Gasteiger partial charge >= 0.3 is 0 Å². The van der Waals surface area contributed by atoms with E-state index in [2.05, 4.69) is 46.1 Å². The number of aryl methyl sites for hydroxylation is 1. The average Bonchev–Trinajstić information content (AvgIpc) is 2.46. The number of fused-ring (bicyclic) bond motifs is 1. The Morgan fingerprint density at radius 2 is 2.11 bits per heavy atom. The van der Waals surface area contributed by atoms with E-state index in [-0.39, 0.29) is 0 Å². The van der Waals surface area contributed by atoms with Crippen LogP contribution in [-0.2, 0) is 6.42 Å². The maximum absolute atomic E-state index is 5.20. The van der Waals surface area contributed by atoms with Crippen molar-refractivity contribution in [2.45, 2.75) is 13.3 Å². The van der Waals surface area contributed by atoms with E-state index in [0.29, 0.717) is 4.64 Å². The first kappa shape index (κ1) is 12.0. The number of aromatic amines is 1. The standard InChI is InChI=1S/C15H13N3S/c1-2-14-17-13(9-15(19)18-14)11-6-5-10-4-3-7-16-12(10)8-11/h3-9H,2H2,1H3,(H,17,18,19). The molecular weight excluding hydrogens is 254 g/mol. The largest absolute Gasteiger partial charge is 0.343 e. The van der Waals surface area contributed by atoms with E-state index in [0.717, 1.165) is 34.4 Å². The van der Waals surface area contributed by atoms with E-state index in [1.54, 1.807) is 6.20 Å². The van der Waals surface area contributed by atoms with Crippen LogP contribution in [0.25, 0.3) is 22.2 Å². The molecule has 0 aliphatic heterocycles. The third-order valence-electron chi connectivity index (χ3n) is 3.04. The molecule has 94 valence electrons. The highest BCUT2D eigenvalue weighted by atomic mass is 32.1. The minimum Gasteiger partial charge on any atom is -0.343 e. The predicted octanol–water partition coefficient (Wildman–Crippen LogP) is 3.92. The maximum atomic E-state index is 5.20. The molecule has 1 aromatic carbocycles. The van der Waals surface area contributed by atoms with E-state index in [1.807, 2.05) is 12.1 Å². The van der Waals surface area contributed by atoms with E-state index in [9.17, 15) is 0 Å². The highest BCUT2D eigenvalue weighted by Gasteiger charge is 2.03. The summed E-state index contributed by atoms with van der Waals surface area (Å²) in [6.07, 6.45) is 2.64. The van der Waals surface area contributed by atoms with Gasteiger partial charge in [0, 0.05) is 29.3 Å². The summed E-state index contributed by atoms with van der Waals surface area (Å²) in [6, 6.07) is 12.1. The van der Waals surface area contributed by atoms with Gasteiger partial charge in [0.05, 0.1) is 5.52 Å². The van der Waals surface area contributed by atoms with E-state index in [1.165, 1.54) is 0 Å². The number of nitrogens with zero attached hydrogens (tertiary/aromatic N) is 2. The summed E-state index contributed by atoms with van der Waals surface area (Å²) in [5.74, 6) is 0.906. The van der Waals surface area contributed by atoms with Crippen LogP contribution in [0.3, 0.4) is 0 Å². The van der Waals surface area contributed by atoms with Gasteiger partial charge in [-0.15, -0.1) is 0 Å². The Hall–Kier alpha value is -2.07. The summed E-state index contributed by atoms with van der Waals surface area (Å²) in [7, 11) is 0. The van der Waals surface area contributed by atoms with Crippen LogP contribution in [0, 0.1) is 4.64 Å². The smallest absolute Gasteiger partial charge is 0.130 e. The van der Waals surface area contributed by atoms with E-state index < -0.39 is 0 Å². The molecule has 2 heterocycles. The molecule has 3 aromatic rings. The molecular formula is C15H13N3S. The fourth-order valence-electron chi connectivity index (χ4n) is 2.07. The van der Waals surface area contributed by atoms with Gasteiger partial charge < -0.3 is 4.98 Å². The second kappa shape index (κ2) is 4.90. The molecule has 0 saturated heterocycles.